The fourth-order valence-electron chi connectivity index (χ4n) is 1.11. The van der Waals surface area contributed by atoms with Crippen molar-refractivity contribution in [2.45, 2.75) is 6.42 Å². The van der Waals surface area contributed by atoms with Crippen LogP contribution in [0.5, 0.6) is 5.75 Å². The number of rotatable bonds is 5. The van der Waals surface area contributed by atoms with Gasteiger partial charge in [-0.2, -0.15) is 0 Å². The molecule has 0 fully saturated rings. The highest BCUT2D eigenvalue weighted by atomic mass is 35.5. The number of aliphatic hydroxyl groups excluding tert-OH is 1. The first-order valence-corrected chi connectivity index (χ1v) is 4.78. The molecule has 0 atom stereocenters. The van der Waals surface area contributed by atoms with E-state index in [4.69, 9.17) is 21.4 Å². The minimum Gasteiger partial charge on any atom is -0.464 e. The Balaban J connectivity index is 2.90. The largest absolute Gasteiger partial charge is 0.464 e. The third-order valence-electron chi connectivity index (χ3n) is 1.80. The molecule has 0 aliphatic heterocycles. The number of ether oxygens (including phenoxy) is 1. The van der Waals surface area contributed by atoms with Crippen LogP contribution in [0.25, 0.3) is 0 Å². The molecular formula is C11H11ClO3. The van der Waals surface area contributed by atoms with Crippen molar-refractivity contribution >= 4 is 17.4 Å². The van der Waals surface area contributed by atoms with Crippen LogP contribution in [0.1, 0.15) is 16.8 Å². The molecule has 1 aromatic carbocycles. The highest BCUT2D eigenvalue weighted by Crippen LogP contribution is 2.25. The zero-order valence-electron chi connectivity index (χ0n) is 8.07. The Bertz CT molecular complexity index is 374. The van der Waals surface area contributed by atoms with E-state index in [1.165, 1.54) is 12.3 Å². The lowest BCUT2D eigenvalue weighted by Crippen LogP contribution is -2.01. The van der Waals surface area contributed by atoms with Crippen molar-refractivity contribution in [2.75, 3.05) is 6.61 Å². The van der Waals surface area contributed by atoms with Gasteiger partial charge in [-0.1, -0.05) is 18.2 Å². The minimum absolute atomic E-state index is 0.0952. The predicted molar refractivity (Wildman–Crippen MR) is 58.3 cm³/mol. The Morgan fingerprint density at radius 3 is 2.87 bits per heavy atom. The van der Waals surface area contributed by atoms with Crippen molar-refractivity contribution in [3.05, 3.63) is 41.6 Å². The van der Waals surface area contributed by atoms with E-state index in [9.17, 15) is 4.79 Å². The molecule has 0 unspecified atom stereocenters. The van der Waals surface area contributed by atoms with Crippen LogP contribution in [0.3, 0.4) is 0 Å². The smallest absolute Gasteiger partial charge is 0.165 e. The van der Waals surface area contributed by atoms with Gasteiger partial charge < -0.3 is 9.84 Å². The van der Waals surface area contributed by atoms with E-state index in [2.05, 4.69) is 6.58 Å². The summed E-state index contributed by atoms with van der Waals surface area (Å²) in [6.07, 6.45) is 1.36. The zero-order chi connectivity index (χ0) is 11.3. The summed E-state index contributed by atoms with van der Waals surface area (Å²) in [6, 6.07) is 4.70. The molecule has 4 heteroatoms. The van der Waals surface area contributed by atoms with E-state index in [-0.39, 0.29) is 18.8 Å². The molecule has 80 valence electrons. The van der Waals surface area contributed by atoms with Crippen molar-refractivity contribution in [1.82, 2.24) is 0 Å². The first-order chi connectivity index (χ1) is 7.19. The lowest BCUT2D eigenvalue weighted by molar-refractivity contribution is 0.0956. The van der Waals surface area contributed by atoms with E-state index in [1.54, 1.807) is 12.1 Å². The second-order valence-corrected chi connectivity index (χ2v) is 3.23. The molecule has 0 aromatic heterocycles. The standard InChI is InChI=1S/C11H11ClO3/c1-2-15-11-4-3-8(7-9(11)12)10(14)5-6-13/h2-4,7,13H,1,5-6H2. The topological polar surface area (TPSA) is 46.5 Å². The molecule has 0 saturated heterocycles. The second-order valence-electron chi connectivity index (χ2n) is 2.83. The monoisotopic (exact) mass is 226 g/mol. The van der Waals surface area contributed by atoms with Crippen LogP contribution in [0, 0.1) is 0 Å². The number of ketones is 1. The first-order valence-electron chi connectivity index (χ1n) is 4.40. The van der Waals surface area contributed by atoms with Gasteiger partial charge in [0.2, 0.25) is 0 Å². The molecule has 15 heavy (non-hydrogen) atoms. The average molecular weight is 227 g/mol. The lowest BCUT2D eigenvalue weighted by Gasteiger charge is -2.04. The van der Waals surface area contributed by atoms with Gasteiger partial charge in [-0.15, -0.1) is 0 Å². The molecule has 0 radical (unpaired) electrons. The maximum Gasteiger partial charge on any atom is 0.165 e. The number of halogens is 1. The Labute approximate surface area is 92.9 Å². The number of benzene rings is 1. The van der Waals surface area contributed by atoms with Crippen LogP contribution >= 0.6 is 11.6 Å². The predicted octanol–water partition coefficient (Wildman–Crippen LogP) is 2.43. The third-order valence-corrected chi connectivity index (χ3v) is 2.10. The van der Waals surface area contributed by atoms with Gasteiger partial charge in [-0.05, 0) is 18.2 Å². The van der Waals surface area contributed by atoms with Gasteiger partial charge in [-0.25, -0.2) is 0 Å². The van der Waals surface area contributed by atoms with Crippen LogP contribution < -0.4 is 4.74 Å². The molecule has 0 spiro atoms. The molecule has 1 aromatic rings. The minimum atomic E-state index is -0.165. The van der Waals surface area contributed by atoms with Crippen molar-refractivity contribution in [1.29, 1.82) is 0 Å². The summed E-state index contributed by atoms with van der Waals surface area (Å²) in [6.45, 7) is 3.24. The number of Topliss-reactive ketones (excluding diaryl/α,β-unsaturated/α-hetero) is 1. The summed E-state index contributed by atoms with van der Waals surface area (Å²) in [7, 11) is 0. The van der Waals surface area contributed by atoms with Crippen molar-refractivity contribution in [2.24, 2.45) is 0 Å². The Morgan fingerprint density at radius 2 is 2.33 bits per heavy atom. The van der Waals surface area contributed by atoms with Crippen molar-refractivity contribution in [3.8, 4) is 5.75 Å². The molecule has 3 nitrogen and oxygen atoms in total. The Hall–Kier alpha value is -1.32. The van der Waals surface area contributed by atoms with Gasteiger partial charge in [0.25, 0.3) is 0 Å². The molecule has 0 saturated carbocycles. The quantitative estimate of drug-likeness (QED) is 0.620. The van der Waals surface area contributed by atoms with Gasteiger partial charge in [0.15, 0.2) is 5.78 Å². The first kappa shape index (κ1) is 11.8. The molecular weight excluding hydrogens is 216 g/mol. The van der Waals surface area contributed by atoms with Crippen LogP contribution in [0.15, 0.2) is 31.0 Å². The summed E-state index contributed by atoms with van der Waals surface area (Å²) in [5, 5.41) is 8.96. The highest BCUT2D eigenvalue weighted by molar-refractivity contribution is 6.32. The fourth-order valence-corrected chi connectivity index (χ4v) is 1.33. The Kier molecular flexibility index (Phi) is 4.34. The number of hydrogen-bond acceptors (Lipinski definition) is 3. The summed E-state index contributed by atoms with van der Waals surface area (Å²) in [5.41, 5.74) is 0.463. The molecule has 0 heterocycles. The number of carbonyl (C=O) groups is 1. The third kappa shape index (κ3) is 3.08. The maximum absolute atomic E-state index is 11.4. The molecule has 0 amide bonds. The van der Waals surface area contributed by atoms with E-state index >= 15 is 0 Å². The number of aliphatic hydroxyl groups is 1. The molecule has 0 bridgehead atoms. The van der Waals surface area contributed by atoms with E-state index < -0.39 is 0 Å². The normalized spacial score (nSPS) is 9.73. The fraction of sp³-hybridized carbons (Fsp3) is 0.182. The summed E-state index contributed by atoms with van der Waals surface area (Å²) in [4.78, 5) is 11.4. The molecule has 1 rings (SSSR count). The van der Waals surface area contributed by atoms with Crippen LogP contribution in [-0.2, 0) is 0 Å². The maximum atomic E-state index is 11.4. The van der Waals surface area contributed by atoms with E-state index in [0.717, 1.165) is 0 Å². The molecule has 0 aliphatic rings. The number of hydrogen-bond donors (Lipinski definition) is 1. The van der Waals surface area contributed by atoms with Crippen molar-refractivity contribution in [3.63, 3.8) is 0 Å². The number of carbonyl (C=O) groups excluding carboxylic acids is 1. The van der Waals surface area contributed by atoms with Gasteiger partial charge in [0.1, 0.15) is 5.75 Å². The van der Waals surface area contributed by atoms with Crippen LogP contribution in [0.2, 0.25) is 5.02 Å². The molecule has 0 aliphatic carbocycles. The summed E-state index contributed by atoms with van der Waals surface area (Å²) < 4.78 is 5.00. The van der Waals surface area contributed by atoms with E-state index in [0.29, 0.717) is 16.3 Å². The summed E-state index contributed by atoms with van der Waals surface area (Å²) in [5.74, 6) is 0.303. The Morgan fingerprint density at radius 1 is 1.60 bits per heavy atom. The zero-order valence-corrected chi connectivity index (χ0v) is 8.83. The SMILES string of the molecule is C=COc1ccc(C(=O)CCO)cc1Cl. The van der Waals surface area contributed by atoms with Crippen LogP contribution in [0.4, 0.5) is 0 Å². The summed E-state index contributed by atoms with van der Waals surface area (Å²) >= 11 is 5.86. The van der Waals surface area contributed by atoms with Crippen molar-refractivity contribution < 1.29 is 14.6 Å². The van der Waals surface area contributed by atoms with E-state index in [1.807, 2.05) is 0 Å². The second kappa shape index (κ2) is 5.53. The lowest BCUT2D eigenvalue weighted by atomic mass is 10.1. The van der Waals surface area contributed by atoms with Gasteiger partial charge >= 0.3 is 0 Å². The van der Waals surface area contributed by atoms with Gasteiger partial charge in [0.05, 0.1) is 17.9 Å². The average Bonchev–Trinajstić information content (AvgIpc) is 2.21. The van der Waals surface area contributed by atoms with Gasteiger partial charge in [-0.3, -0.25) is 4.79 Å². The highest BCUT2D eigenvalue weighted by Gasteiger charge is 2.08. The van der Waals surface area contributed by atoms with Gasteiger partial charge in [0, 0.05) is 12.0 Å². The molecule has 1 N–H and O–H groups in total. The van der Waals surface area contributed by atoms with Crippen LogP contribution in [-0.4, -0.2) is 17.5 Å².